The first-order chi connectivity index (χ1) is 20.5. The van der Waals surface area contributed by atoms with Crippen molar-refractivity contribution in [3.05, 3.63) is 59.2 Å². The average molecular weight is 619 g/mol. The third kappa shape index (κ3) is 10.2. The summed E-state index contributed by atoms with van der Waals surface area (Å²) >= 11 is 1.13. The molecule has 0 amide bonds. The highest BCUT2D eigenvalue weighted by molar-refractivity contribution is 8.00. The van der Waals surface area contributed by atoms with E-state index < -0.39 is 52.9 Å². The number of carbonyl (C=O) groups is 4. The Kier molecular flexibility index (Phi) is 12.7. The van der Waals surface area contributed by atoms with Gasteiger partial charge in [0.2, 0.25) is 0 Å². The van der Waals surface area contributed by atoms with E-state index in [1.165, 1.54) is 40.4 Å². The number of rotatable bonds is 13. The third-order valence-corrected chi connectivity index (χ3v) is 7.79. The molecule has 1 saturated heterocycles. The second kappa shape index (κ2) is 16.2. The van der Waals surface area contributed by atoms with E-state index in [1.54, 1.807) is 12.1 Å². The number of hydrogen-bond donors (Lipinski definition) is 0. The summed E-state index contributed by atoms with van der Waals surface area (Å²) in [6.45, 7) is 6.76. The molecule has 0 N–H and O–H groups in total. The Morgan fingerprint density at radius 3 is 1.95 bits per heavy atom. The number of benzene rings is 2. The standard InChI is InChI=1S/C31H38O11S/c1-7-22-8-10-23(11-9-22)14-24-12-13-25(38-17-36-6)15-26(24)42-31-30(41-21(5)35)29(40-20(4)34)28(39-19(3)33)27(43-31)16-37-18(2)32/h8-13,15,27-31H,7,14,16-17H2,1-6H3/t27-,28-,29+,30-,31-/m1/s1. The fourth-order valence-corrected chi connectivity index (χ4v) is 5.91. The summed E-state index contributed by atoms with van der Waals surface area (Å²) in [5.41, 5.74) is 2.09. The topological polar surface area (TPSA) is 133 Å². The number of aryl methyl sites for hydroxylation is 1. The van der Waals surface area contributed by atoms with Crippen LogP contribution < -0.4 is 9.47 Å². The van der Waals surface area contributed by atoms with Crippen molar-refractivity contribution in [1.82, 2.24) is 0 Å². The van der Waals surface area contributed by atoms with Gasteiger partial charge in [0.1, 0.15) is 18.1 Å². The molecule has 0 unspecified atom stereocenters. The molecule has 43 heavy (non-hydrogen) atoms. The highest BCUT2D eigenvalue weighted by Crippen LogP contribution is 2.40. The van der Waals surface area contributed by atoms with E-state index in [9.17, 15) is 19.2 Å². The largest absolute Gasteiger partial charge is 0.475 e. The number of hydrogen-bond acceptors (Lipinski definition) is 12. The zero-order valence-electron chi connectivity index (χ0n) is 25.2. The van der Waals surface area contributed by atoms with Gasteiger partial charge in [-0.2, -0.15) is 0 Å². The number of thioether (sulfide) groups is 1. The Balaban J connectivity index is 2.06. The molecule has 5 atom stereocenters. The molecule has 0 radical (unpaired) electrons. The Hall–Kier alpha value is -3.77. The van der Waals surface area contributed by atoms with Gasteiger partial charge >= 0.3 is 23.9 Å². The molecule has 0 spiro atoms. The Morgan fingerprint density at radius 1 is 0.767 bits per heavy atom. The summed E-state index contributed by atoms with van der Waals surface area (Å²) in [4.78, 5) is 48.2. The van der Waals surface area contributed by atoms with E-state index in [4.69, 9.17) is 33.2 Å². The minimum absolute atomic E-state index is 0.00850. The van der Waals surface area contributed by atoms with E-state index >= 15 is 0 Å². The molecule has 11 nitrogen and oxygen atoms in total. The van der Waals surface area contributed by atoms with Gasteiger partial charge < -0.3 is 33.2 Å². The first kappa shape index (κ1) is 33.7. The monoisotopic (exact) mass is 618 g/mol. The summed E-state index contributed by atoms with van der Waals surface area (Å²) < 4.78 is 39.2. The van der Waals surface area contributed by atoms with Crippen LogP contribution in [0, 0.1) is 0 Å². The summed E-state index contributed by atoms with van der Waals surface area (Å²) in [5.74, 6) is -1.67. The summed E-state index contributed by atoms with van der Waals surface area (Å²) in [7, 11) is 1.51. The van der Waals surface area contributed by atoms with Crippen molar-refractivity contribution < 1.29 is 52.3 Å². The average Bonchev–Trinajstić information content (AvgIpc) is 2.94. The Morgan fingerprint density at radius 2 is 1.37 bits per heavy atom. The molecule has 234 valence electrons. The Labute approximate surface area is 255 Å². The van der Waals surface area contributed by atoms with Gasteiger partial charge in [0.05, 0.1) is 5.25 Å². The van der Waals surface area contributed by atoms with Crippen molar-refractivity contribution in [2.24, 2.45) is 0 Å². The molecular formula is C31H38O11S. The van der Waals surface area contributed by atoms with Crippen LogP contribution in [0.4, 0.5) is 0 Å². The van der Waals surface area contributed by atoms with Gasteiger partial charge in [0, 0.05) is 47.3 Å². The predicted molar refractivity (Wildman–Crippen MR) is 157 cm³/mol. The van der Waals surface area contributed by atoms with Crippen LogP contribution in [-0.4, -0.2) is 73.4 Å². The van der Waals surface area contributed by atoms with Crippen LogP contribution in [0.3, 0.4) is 0 Å². The summed E-state index contributed by atoms with van der Waals surface area (Å²) in [6, 6.07) is 13.6. The van der Waals surface area contributed by atoms with Crippen molar-refractivity contribution in [3.63, 3.8) is 0 Å². The zero-order chi connectivity index (χ0) is 31.5. The molecule has 0 saturated carbocycles. The Bertz CT molecular complexity index is 1260. The van der Waals surface area contributed by atoms with Crippen LogP contribution in [0.25, 0.3) is 0 Å². The molecule has 0 aromatic heterocycles. The first-order valence-electron chi connectivity index (χ1n) is 13.8. The number of esters is 4. The van der Waals surface area contributed by atoms with Crippen LogP contribution in [0.1, 0.15) is 51.3 Å². The summed E-state index contributed by atoms with van der Waals surface area (Å²) in [5, 5.41) is -0.730. The lowest BCUT2D eigenvalue weighted by atomic mass is 10.0. The van der Waals surface area contributed by atoms with Crippen LogP contribution in [-0.2, 0) is 55.7 Å². The fourth-order valence-electron chi connectivity index (χ4n) is 4.53. The van der Waals surface area contributed by atoms with E-state index in [2.05, 4.69) is 19.1 Å². The molecule has 1 aliphatic rings. The molecule has 0 aliphatic carbocycles. The maximum atomic E-state index is 12.3. The third-order valence-electron chi connectivity index (χ3n) is 6.40. The van der Waals surface area contributed by atoms with E-state index in [0.717, 1.165) is 29.3 Å². The van der Waals surface area contributed by atoms with E-state index in [0.29, 0.717) is 17.9 Å². The second-order valence-electron chi connectivity index (χ2n) is 9.85. The SMILES string of the molecule is CCc1ccc(Cc2ccc(OCOC)cc2O[C@@H]2S[C@H](COC(C)=O)[C@@H](OC(C)=O)[C@H](OC(C)=O)[C@H]2OC(C)=O)cc1. The normalized spacial score (nSPS) is 21.3. The molecule has 12 heteroatoms. The second-order valence-corrected chi connectivity index (χ2v) is 11.2. The molecule has 3 rings (SSSR count). The van der Waals surface area contributed by atoms with E-state index in [-0.39, 0.29) is 13.4 Å². The van der Waals surface area contributed by atoms with Crippen molar-refractivity contribution >= 4 is 35.6 Å². The number of carbonyl (C=O) groups excluding carboxylic acids is 4. The van der Waals surface area contributed by atoms with Gasteiger partial charge in [-0.1, -0.05) is 37.3 Å². The maximum Gasteiger partial charge on any atom is 0.303 e. The molecule has 0 bridgehead atoms. The molecule has 2 aromatic carbocycles. The van der Waals surface area contributed by atoms with Gasteiger partial charge in [-0.25, -0.2) is 0 Å². The lowest BCUT2D eigenvalue weighted by Crippen LogP contribution is -2.59. The molecular weight excluding hydrogens is 580 g/mol. The smallest absolute Gasteiger partial charge is 0.303 e. The number of ether oxygens (including phenoxy) is 7. The summed E-state index contributed by atoms with van der Waals surface area (Å²) in [6.07, 6.45) is -2.12. The maximum absolute atomic E-state index is 12.3. The highest BCUT2D eigenvalue weighted by atomic mass is 32.2. The van der Waals surface area contributed by atoms with Crippen molar-refractivity contribution in [3.8, 4) is 11.5 Å². The number of methoxy groups -OCH3 is 1. The predicted octanol–water partition coefficient (Wildman–Crippen LogP) is 4.00. The lowest BCUT2D eigenvalue weighted by Gasteiger charge is -2.43. The van der Waals surface area contributed by atoms with Gasteiger partial charge in [-0.3, -0.25) is 19.2 Å². The quantitative estimate of drug-likeness (QED) is 0.183. The van der Waals surface area contributed by atoms with Gasteiger partial charge in [0.25, 0.3) is 0 Å². The van der Waals surface area contributed by atoms with Crippen LogP contribution >= 0.6 is 11.8 Å². The van der Waals surface area contributed by atoms with Crippen molar-refractivity contribution in [2.45, 2.75) is 76.5 Å². The molecule has 1 aliphatic heterocycles. The van der Waals surface area contributed by atoms with Gasteiger partial charge in [-0.15, -0.1) is 11.8 Å². The molecule has 2 aromatic rings. The zero-order valence-corrected chi connectivity index (χ0v) is 26.0. The highest BCUT2D eigenvalue weighted by Gasteiger charge is 2.53. The minimum Gasteiger partial charge on any atom is -0.475 e. The lowest BCUT2D eigenvalue weighted by molar-refractivity contribution is -0.190. The first-order valence-corrected chi connectivity index (χ1v) is 14.7. The molecule has 1 fully saturated rings. The van der Waals surface area contributed by atoms with Crippen LogP contribution in [0.15, 0.2) is 42.5 Å². The van der Waals surface area contributed by atoms with Gasteiger partial charge in [0.15, 0.2) is 30.5 Å². The van der Waals surface area contributed by atoms with Gasteiger partial charge in [-0.05, 0) is 29.2 Å². The molecule has 1 heterocycles. The van der Waals surface area contributed by atoms with Crippen LogP contribution in [0.2, 0.25) is 0 Å². The van der Waals surface area contributed by atoms with Crippen LogP contribution in [0.5, 0.6) is 11.5 Å². The fraction of sp³-hybridized carbons (Fsp3) is 0.484. The minimum atomic E-state index is -1.25. The van der Waals surface area contributed by atoms with Crippen molar-refractivity contribution in [1.29, 1.82) is 0 Å². The van der Waals surface area contributed by atoms with Crippen molar-refractivity contribution in [2.75, 3.05) is 20.5 Å². The van der Waals surface area contributed by atoms with E-state index in [1.807, 2.05) is 18.2 Å².